The lowest BCUT2D eigenvalue weighted by molar-refractivity contribution is 0.516. The number of hydrogen-bond acceptors (Lipinski definition) is 3. The lowest BCUT2D eigenvalue weighted by atomic mass is 10.0. The number of rotatable bonds is 4. The van der Waals surface area contributed by atoms with Crippen molar-refractivity contribution in [2.75, 3.05) is 11.9 Å². The van der Waals surface area contributed by atoms with Crippen LogP contribution in [0.4, 0.5) is 5.82 Å². The highest BCUT2D eigenvalue weighted by molar-refractivity contribution is 5.49. The van der Waals surface area contributed by atoms with E-state index in [4.69, 9.17) is 9.97 Å². The minimum Gasteiger partial charge on any atom is -0.370 e. The predicted molar refractivity (Wildman–Crippen MR) is 78.6 cm³/mol. The quantitative estimate of drug-likeness (QED) is 0.896. The van der Waals surface area contributed by atoms with Gasteiger partial charge in [-0.25, -0.2) is 9.97 Å². The van der Waals surface area contributed by atoms with Gasteiger partial charge in [0.25, 0.3) is 0 Å². The number of aryl methyl sites for hydroxylation is 1. The second kappa shape index (κ2) is 5.48. The molecule has 2 aliphatic carbocycles. The molecule has 1 N–H and O–H groups in total. The normalized spacial score (nSPS) is 25.6. The van der Waals surface area contributed by atoms with Crippen LogP contribution in [-0.2, 0) is 12.8 Å². The molecule has 0 aromatic carbocycles. The Labute approximate surface area is 116 Å². The number of nitrogens with zero attached hydrogens (tertiary/aromatic N) is 2. The Hall–Kier alpha value is -1.12. The van der Waals surface area contributed by atoms with Crippen molar-refractivity contribution in [2.24, 2.45) is 5.92 Å². The van der Waals surface area contributed by atoms with E-state index in [0.717, 1.165) is 36.9 Å². The molecule has 1 aromatic heterocycles. The smallest absolute Gasteiger partial charge is 0.134 e. The van der Waals surface area contributed by atoms with Crippen molar-refractivity contribution in [3.8, 4) is 0 Å². The fourth-order valence-electron chi connectivity index (χ4n) is 3.63. The summed E-state index contributed by atoms with van der Waals surface area (Å²) >= 11 is 0. The minimum atomic E-state index is 0.605. The average Bonchev–Trinajstić information content (AvgIpc) is 3.07. The van der Waals surface area contributed by atoms with E-state index in [0.29, 0.717) is 5.92 Å². The zero-order valence-electron chi connectivity index (χ0n) is 12.2. The summed E-state index contributed by atoms with van der Waals surface area (Å²) in [5.74, 6) is 3.74. The molecule has 0 radical (unpaired) electrons. The van der Waals surface area contributed by atoms with Crippen LogP contribution in [0.3, 0.4) is 0 Å². The van der Waals surface area contributed by atoms with Gasteiger partial charge in [0, 0.05) is 23.7 Å². The van der Waals surface area contributed by atoms with Crippen molar-refractivity contribution in [2.45, 2.75) is 64.7 Å². The summed E-state index contributed by atoms with van der Waals surface area (Å²) in [4.78, 5) is 9.76. The van der Waals surface area contributed by atoms with Gasteiger partial charge < -0.3 is 5.32 Å². The van der Waals surface area contributed by atoms with Crippen LogP contribution in [0, 0.1) is 5.92 Å². The van der Waals surface area contributed by atoms with Crippen molar-refractivity contribution in [1.82, 2.24) is 9.97 Å². The Bertz CT molecular complexity index is 456. The molecule has 2 unspecified atom stereocenters. The van der Waals surface area contributed by atoms with Gasteiger partial charge in [-0.3, -0.25) is 0 Å². The fraction of sp³-hybridized carbons (Fsp3) is 0.750. The number of nitrogens with one attached hydrogen (secondary N) is 1. The Morgan fingerprint density at radius 1 is 1.16 bits per heavy atom. The standard InChI is InChI=1S/C16H25N3/c1-3-11-8-9-12(10-11)15-18-14-7-5-6-13(14)16(19-15)17-4-2/h11-12H,3-10H2,1-2H3,(H,17,18,19). The molecule has 3 heteroatoms. The minimum absolute atomic E-state index is 0.605. The van der Waals surface area contributed by atoms with Crippen LogP contribution < -0.4 is 5.32 Å². The summed E-state index contributed by atoms with van der Waals surface area (Å²) in [5, 5.41) is 3.45. The van der Waals surface area contributed by atoms with Crippen molar-refractivity contribution in [3.05, 3.63) is 17.1 Å². The van der Waals surface area contributed by atoms with Crippen molar-refractivity contribution in [3.63, 3.8) is 0 Å². The average molecular weight is 259 g/mol. The first-order valence-corrected chi connectivity index (χ1v) is 7.95. The summed E-state index contributed by atoms with van der Waals surface area (Å²) in [6.07, 6.45) is 8.78. The van der Waals surface area contributed by atoms with Crippen molar-refractivity contribution in [1.29, 1.82) is 0 Å². The molecule has 0 aliphatic heterocycles. The first kappa shape index (κ1) is 12.9. The summed E-state index contributed by atoms with van der Waals surface area (Å²) in [7, 11) is 0. The molecule has 1 saturated carbocycles. The fourth-order valence-corrected chi connectivity index (χ4v) is 3.63. The number of hydrogen-bond donors (Lipinski definition) is 1. The maximum absolute atomic E-state index is 4.90. The van der Waals surface area contributed by atoms with Gasteiger partial charge in [0.05, 0.1) is 0 Å². The molecule has 0 saturated heterocycles. The highest BCUT2D eigenvalue weighted by Crippen LogP contribution is 2.39. The third kappa shape index (κ3) is 2.47. The Morgan fingerprint density at radius 3 is 2.79 bits per heavy atom. The van der Waals surface area contributed by atoms with Crippen LogP contribution in [0.2, 0.25) is 0 Å². The topological polar surface area (TPSA) is 37.8 Å². The predicted octanol–water partition coefficient (Wildman–Crippen LogP) is 3.69. The van der Waals surface area contributed by atoms with E-state index >= 15 is 0 Å². The van der Waals surface area contributed by atoms with Crippen LogP contribution in [0.1, 0.15) is 69.0 Å². The summed E-state index contributed by atoms with van der Waals surface area (Å²) < 4.78 is 0. The molecule has 0 bridgehead atoms. The van der Waals surface area contributed by atoms with E-state index in [1.54, 1.807) is 0 Å². The van der Waals surface area contributed by atoms with Gasteiger partial charge in [0.15, 0.2) is 0 Å². The van der Waals surface area contributed by atoms with Crippen LogP contribution in [0.25, 0.3) is 0 Å². The van der Waals surface area contributed by atoms with Gasteiger partial charge >= 0.3 is 0 Å². The molecule has 1 aromatic rings. The number of fused-ring (bicyclic) bond motifs is 1. The van der Waals surface area contributed by atoms with Gasteiger partial charge in [-0.05, 0) is 51.4 Å². The first-order chi connectivity index (χ1) is 9.31. The molecule has 0 spiro atoms. The van der Waals surface area contributed by atoms with Crippen LogP contribution >= 0.6 is 0 Å². The second-order valence-electron chi connectivity index (χ2n) is 6.02. The lowest BCUT2D eigenvalue weighted by Gasteiger charge is -2.14. The molecule has 2 aliphatic rings. The highest BCUT2D eigenvalue weighted by Gasteiger charge is 2.29. The van der Waals surface area contributed by atoms with E-state index in [1.807, 2.05) is 0 Å². The number of anilines is 1. The maximum Gasteiger partial charge on any atom is 0.134 e. The molecule has 104 valence electrons. The SMILES string of the molecule is CCNc1nc(C2CCC(CC)C2)nc2c1CCC2. The molecular weight excluding hydrogens is 234 g/mol. The highest BCUT2D eigenvalue weighted by atomic mass is 15.0. The molecule has 0 amide bonds. The zero-order valence-corrected chi connectivity index (χ0v) is 12.2. The van der Waals surface area contributed by atoms with E-state index in [2.05, 4.69) is 19.2 Å². The Balaban J connectivity index is 1.88. The third-order valence-electron chi connectivity index (χ3n) is 4.78. The second-order valence-corrected chi connectivity index (χ2v) is 6.02. The Kier molecular flexibility index (Phi) is 3.72. The summed E-state index contributed by atoms with van der Waals surface area (Å²) in [6.45, 7) is 5.40. The largest absolute Gasteiger partial charge is 0.370 e. The van der Waals surface area contributed by atoms with E-state index < -0.39 is 0 Å². The molecular formula is C16H25N3. The van der Waals surface area contributed by atoms with E-state index in [9.17, 15) is 0 Å². The van der Waals surface area contributed by atoms with Crippen LogP contribution in [-0.4, -0.2) is 16.5 Å². The molecule has 3 rings (SSSR count). The zero-order chi connectivity index (χ0) is 13.2. The van der Waals surface area contributed by atoms with Crippen molar-refractivity contribution < 1.29 is 0 Å². The van der Waals surface area contributed by atoms with Gasteiger partial charge in [-0.15, -0.1) is 0 Å². The molecule has 3 nitrogen and oxygen atoms in total. The van der Waals surface area contributed by atoms with E-state index in [-0.39, 0.29) is 0 Å². The van der Waals surface area contributed by atoms with Crippen LogP contribution in [0.15, 0.2) is 0 Å². The Morgan fingerprint density at radius 2 is 2.05 bits per heavy atom. The molecule has 2 atom stereocenters. The maximum atomic E-state index is 4.90. The lowest BCUT2D eigenvalue weighted by Crippen LogP contribution is -2.10. The molecule has 19 heavy (non-hydrogen) atoms. The summed E-state index contributed by atoms with van der Waals surface area (Å²) in [5.41, 5.74) is 2.71. The first-order valence-electron chi connectivity index (χ1n) is 7.95. The third-order valence-corrected chi connectivity index (χ3v) is 4.78. The van der Waals surface area contributed by atoms with Gasteiger partial charge in [0.1, 0.15) is 11.6 Å². The monoisotopic (exact) mass is 259 g/mol. The molecule has 1 heterocycles. The van der Waals surface area contributed by atoms with Crippen molar-refractivity contribution >= 4 is 5.82 Å². The summed E-state index contributed by atoms with van der Waals surface area (Å²) in [6, 6.07) is 0. The molecule has 1 fully saturated rings. The van der Waals surface area contributed by atoms with Gasteiger partial charge in [-0.2, -0.15) is 0 Å². The van der Waals surface area contributed by atoms with Gasteiger partial charge in [-0.1, -0.05) is 13.3 Å². The van der Waals surface area contributed by atoms with Gasteiger partial charge in [0.2, 0.25) is 0 Å². The number of aromatic nitrogens is 2. The van der Waals surface area contributed by atoms with E-state index in [1.165, 1.54) is 43.4 Å². The van der Waals surface area contributed by atoms with Crippen LogP contribution in [0.5, 0.6) is 0 Å².